The van der Waals surface area contributed by atoms with Crippen LogP contribution < -0.4 is 11.3 Å². The van der Waals surface area contributed by atoms with Crippen LogP contribution in [0.25, 0.3) is 10.1 Å². The lowest BCUT2D eigenvalue weighted by Crippen LogP contribution is -2.29. The van der Waals surface area contributed by atoms with Crippen molar-refractivity contribution in [1.29, 1.82) is 0 Å². The first kappa shape index (κ1) is 12.7. The van der Waals surface area contributed by atoms with Crippen molar-refractivity contribution in [3.8, 4) is 0 Å². The molecule has 0 saturated heterocycles. The lowest BCUT2D eigenvalue weighted by Gasteiger charge is -2.14. The maximum Gasteiger partial charge on any atom is 0.0798 e. The molecule has 3 aromatic rings. The molecule has 0 fully saturated rings. The van der Waals surface area contributed by atoms with Gasteiger partial charge >= 0.3 is 0 Å². The second-order valence-corrected chi connectivity index (χ2v) is 6.28. The van der Waals surface area contributed by atoms with E-state index in [1.165, 1.54) is 20.5 Å². The number of hydrogen-bond donors (Lipinski definition) is 2. The number of hydrazine groups is 1. The Morgan fingerprint density at radius 3 is 2.89 bits per heavy atom. The molecule has 1 aromatic carbocycles. The number of aryl methyl sites for hydroxylation is 1. The van der Waals surface area contributed by atoms with E-state index in [2.05, 4.69) is 40.1 Å². The van der Waals surface area contributed by atoms with Crippen molar-refractivity contribution >= 4 is 32.8 Å². The first-order valence-corrected chi connectivity index (χ1v) is 7.86. The second kappa shape index (κ2) is 5.38. The zero-order valence-electron chi connectivity index (χ0n) is 10.6. The van der Waals surface area contributed by atoms with Gasteiger partial charge in [-0.15, -0.1) is 22.7 Å². The minimum absolute atomic E-state index is 0.130. The molecule has 3 N–H and O–H groups in total. The zero-order chi connectivity index (χ0) is 13.2. The van der Waals surface area contributed by atoms with Crippen LogP contribution in [-0.2, 0) is 6.42 Å². The highest BCUT2D eigenvalue weighted by Gasteiger charge is 2.17. The molecular formula is C14H15N3S2. The van der Waals surface area contributed by atoms with Gasteiger partial charge in [-0.3, -0.25) is 11.3 Å². The molecule has 0 radical (unpaired) electrons. The van der Waals surface area contributed by atoms with Crippen LogP contribution in [0.1, 0.15) is 22.2 Å². The molecule has 0 saturated carbocycles. The van der Waals surface area contributed by atoms with Crippen molar-refractivity contribution in [1.82, 2.24) is 10.4 Å². The van der Waals surface area contributed by atoms with Gasteiger partial charge in [-0.2, -0.15) is 0 Å². The molecule has 2 aromatic heterocycles. The average Bonchev–Trinajstić information content (AvgIpc) is 3.03. The fourth-order valence-electron chi connectivity index (χ4n) is 2.28. The second-order valence-electron chi connectivity index (χ2n) is 4.48. The molecule has 1 atom stereocenters. The third-order valence-electron chi connectivity index (χ3n) is 3.29. The number of aromatic nitrogens is 1. The molecule has 0 amide bonds. The molecule has 3 nitrogen and oxygen atoms in total. The van der Waals surface area contributed by atoms with E-state index >= 15 is 0 Å². The number of fused-ring (bicyclic) bond motifs is 1. The topological polar surface area (TPSA) is 50.9 Å². The number of thiophene rings is 1. The highest BCUT2D eigenvalue weighted by Crippen LogP contribution is 2.31. The summed E-state index contributed by atoms with van der Waals surface area (Å²) in [6.45, 7) is 2.03. The molecule has 0 aliphatic carbocycles. The van der Waals surface area contributed by atoms with Crippen LogP contribution in [0.2, 0.25) is 0 Å². The number of benzene rings is 1. The van der Waals surface area contributed by atoms with E-state index in [0.717, 1.165) is 12.1 Å². The minimum atomic E-state index is 0.130. The summed E-state index contributed by atoms with van der Waals surface area (Å²) in [6, 6.07) is 8.63. The number of nitrogens with one attached hydrogen (secondary N) is 1. The van der Waals surface area contributed by atoms with E-state index in [1.54, 1.807) is 22.7 Å². The van der Waals surface area contributed by atoms with Gasteiger partial charge in [0.2, 0.25) is 0 Å². The summed E-state index contributed by atoms with van der Waals surface area (Å²) in [7, 11) is 0. The quantitative estimate of drug-likeness (QED) is 0.571. The van der Waals surface area contributed by atoms with Crippen LogP contribution in [0.3, 0.4) is 0 Å². The molecule has 0 aliphatic heterocycles. The average molecular weight is 289 g/mol. The SMILES string of the molecule is Cc1ncsc1C(Cc1csc2ccccc12)NN. The molecule has 0 spiro atoms. The Hall–Kier alpha value is -1.27. The van der Waals surface area contributed by atoms with Gasteiger partial charge in [0.05, 0.1) is 17.2 Å². The largest absolute Gasteiger partial charge is 0.271 e. The molecule has 98 valence electrons. The molecule has 5 heteroatoms. The molecule has 0 bridgehead atoms. The third kappa shape index (κ3) is 2.42. The van der Waals surface area contributed by atoms with E-state index in [-0.39, 0.29) is 6.04 Å². The Labute approximate surface area is 120 Å². The molecule has 0 aliphatic rings. The van der Waals surface area contributed by atoms with E-state index in [1.807, 2.05) is 12.4 Å². The van der Waals surface area contributed by atoms with Crippen LogP contribution in [0.5, 0.6) is 0 Å². The van der Waals surface area contributed by atoms with E-state index in [9.17, 15) is 0 Å². The lowest BCUT2D eigenvalue weighted by molar-refractivity contribution is 0.559. The van der Waals surface area contributed by atoms with Crippen molar-refractivity contribution < 1.29 is 0 Å². The number of rotatable bonds is 4. The van der Waals surface area contributed by atoms with Crippen molar-refractivity contribution in [3.63, 3.8) is 0 Å². The Morgan fingerprint density at radius 1 is 1.32 bits per heavy atom. The van der Waals surface area contributed by atoms with Gasteiger partial charge in [0.25, 0.3) is 0 Å². The van der Waals surface area contributed by atoms with Gasteiger partial charge in [-0.25, -0.2) is 4.98 Å². The molecule has 3 rings (SSSR count). The van der Waals surface area contributed by atoms with Gasteiger partial charge in [-0.1, -0.05) is 18.2 Å². The standard InChI is InChI=1S/C14H15N3S2/c1-9-14(19-8-16-9)12(17-15)6-10-7-18-13-5-3-2-4-11(10)13/h2-5,7-8,12,17H,6,15H2,1H3. The summed E-state index contributed by atoms with van der Waals surface area (Å²) >= 11 is 3.45. The fraction of sp³-hybridized carbons (Fsp3) is 0.214. The van der Waals surface area contributed by atoms with E-state index < -0.39 is 0 Å². The first-order valence-electron chi connectivity index (χ1n) is 6.11. The van der Waals surface area contributed by atoms with Crippen LogP contribution in [0.15, 0.2) is 35.2 Å². The Balaban J connectivity index is 1.93. The Kier molecular flexibility index (Phi) is 3.61. The highest BCUT2D eigenvalue weighted by molar-refractivity contribution is 7.17. The van der Waals surface area contributed by atoms with Crippen LogP contribution in [-0.4, -0.2) is 4.98 Å². The smallest absolute Gasteiger partial charge is 0.0798 e. The van der Waals surface area contributed by atoms with E-state index in [0.29, 0.717) is 0 Å². The van der Waals surface area contributed by atoms with Gasteiger partial charge in [0, 0.05) is 9.58 Å². The maximum absolute atomic E-state index is 5.73. The summed E-state index contributed by atoms with van der Waals surface area (Å²) in [4.78, 5) is 5.52. The lowest BCUT2D eigenvalue weighted by atomic mass is 10.0. The Bertz CT molecular complexity index is 687. The van der Waals surface area contributed by atoms with Gasteiger partial charge < -0.3 is 0 Å². The summed E-state index contributed by atoms with van der Waals surface area (Å²) in [5.41, 5.74) is 7.21. The molecule has 2 heterocycles. The third-order valence-corrected chi connectivity index (χ3v) is 5.34. The predicted octanol–water partition coefficient (Wildman–Crippen LogP) is 3.41. The summed E-state index contributed by atoms with van der Waals surface area (Å²) in [5.74, 6) is 5.73. The van der Waals surface area contributed by atoms with Gasteiger partial charge in [0.15, 0.2) is 0 Å². The normalized spacial score (nSPS) is 12.9. The minimum Gasteiger partial charge on any atom is -0.271 e. The molecule has 1 unspecified atom stereocenters. The van der Waals surface area contributed by atoms with Crippen molar-refractivity contribution in [3.05, 3.63) is 51.3 Å². The number of thiazole rings is 1. The molecular weight excluding hydrogens is 274 g/mol. The maximum atomic E-state index is 5.73. The highest BCUT2D eigenvalue weighted by atomic mass is 32.1. The number of nitrogens with two attached hydrogens (primary N) is 1. The van der Waals surface area contributed by atoms with Crippen LogP contribution in [0, 0.1) is 6.92 Å². The number of nitrogens with zero attached hydrogens (tertiary/aromatic N) is 1. The Morgan fingerprint density at radius 2 is 2.16 bits per heavy atom. The van der Waals surface area contributed by atoms with Crippen molar-refractivity contribution in [2.45, 2.75) is 19.4 Å². The van der Waals surface area contributed by atoms with E-state index in [4.69, 9.17) is 5.84 Å². The predicted molar refractivity (Wildman–Crippen MR) is 82.4 cm³/mol. The van der Waals surface area contributed by atoms with Gasteiger partial charge in [-0.05, 0) is 35.7 Å². The summed E-state index contributed by atoms with van der Waals surface area (Å²) in [5, 5.41) is 3.56. The van der Waals surface area contributed by atoms with Gasteiger partial charge in [0.1, 0.15) is 0 Å². The van der Waals surface area contributed by atoms with Crippen molar-refractivity contribution in [2.75, 3.05) is 0 Å². The number of hydrogen-bond acceptors (Lipinski definition) is 5. The summed E-state index contributed by atoms with van der Waals surface area (Å²) in [6.07, 6.45) is 0.892. The van der Waals surface area contributed by atoms with Crippen LogP contribution in [0.4, 0.5) is 0 Å². The van der Waals surface area contributed by atoms with Crippen LogP contribution >= 0.6 is 22.7 Å². The molecule has 19 heavy (non-hydrogen) atoms. The van der Waals surface area contributed by atoms with Crippen molar-refractivity contribution in [2.24, 2.45) is 5.84 Å². The zero-order valence-corrected chi connectivity index (χ0v) is 12.2. The fourth-order valence-corrected chi connectivity index (χ4v) is 4.12. The first-order chi connectivity index (χ1) is 9.29. The monoisotopic (exact) mass is 289 g/mol. The summed E-state index contributed by atoms with van der Waals surface area (Å²) < 4.78 is 1.33.